The number of aromatic amines is 2. The number of hydrogen-bond donors (Lipinski definition) is 2. The summed E-state index contributed by atoms with van der Waals surface area (Å²) in [5.41, 5.74) is 4.00. The van der Waals surface area contributed by atoms with Gasteiger partial charge in [0.1, 0.15) is 0 Å². The van der Waals surface area contributed by atoms with E-state index in [1.807, 2.05) is 36.7 Å². The van der Waals surface area contributed by atoms with E-state index in [0.717, 1.165) is 35.7 Å². The first kappa shape index (κ1) is 12.4. The average molecular weight is 242 g/mol. The van der Waals surface area contributed by atoms with Gasteiger partial charge >= 0.3 is 0 Å². The first-order valence-electron chi connectivity index (χ1n) is 6.26. The molecular weight excluding hydrogens is 224 g/mol. The van der Waals surface area contributed by atoms with E-state index in [9.17, 15) is 0 Å². The van der Waals surface area contributed by atoms with Crippen molar-refractivity contribution in [2.75, 3.05) is 0 Å². The molecule has 18 heavy (non-hydrogen) atoms. The minimum Gasteiger partial charge on any atom is -0.360 e. The zero-order valence-corrected chi connectivity index (χ0v) is 10.8. The van der Waals surface area contributed by atoms with Crippen molar-refractivity contribution in [2.45, 2.75) is 26.7 Å². The van der Waals surface area contributed by atoms with Gasteiger partial charge in [0.05, 0.1) is 22.8 Å². The van der Waals surface area contributed by atoms with Crippen molar-refractivity contribution in [3.63, 3.8) is 0 Å². The van der Waals surface area contributed by atoms with Crippen LogP contribution in [0.3, 0.4) is 0 Å². The lowest BCUT2D eigenvalue weighted by molar-refractivity contribution is 1.12. The molecule has 2 rings (SSSR count). The molecule has 0 aliphatic heterocycles. The van der Waals surface area contributed by atoms with Gasteiger partial charge in [-0.1, -0.05) is 13.8 Å². The summed E-state index contributed by atoms with van der Waals surface area (Å²) in [6, 6.07) is 7.96. The second-order valence-electron chi connectivity index (χ2n) is 3.97. The van der Waals surface area contributed by atoms with Crippen molar-refractivity contribution in [1.82, 2.24) is 9.97 Å². The lowest BCUT2D eigenvalue weighted by Gasteiger charge is -2.00. The number of rotatable bonds is 5. The Kier molecular flexibility index (Phi) is 4.12. The molecule has 0 saturated carbocycles. The maximum atomic E-state index is 4.37. The Morgan fingerprint density at radius 2 is 1.33 bits per heavy atom. The minimum atomic E-state index is 0.853. The van der Waals surface area contributed by atoms with Crippen molar-refractivity contribution in [3.8, 4) is 0 Å². The second-order valence-corrected chi connectivity index (χ2v) is 3.97. The molecule has 2 aromatic rings. The van der Waals surface area contributed by atoms with Crippen LogP contribution < -0.4 is 0 Å². The van der Waals surface area contributed by atoms with Gasteiger partial charge in [-0.05, 0) is 37.1 Å². The van der Waals surface area contributed by atoms with Crippen LogP contribution >= 0.6 is 0 Å². The Bertz CT molecular complexity index is 468. The SMILES string of the molecule is CCC(=NN=C(CC)c1ccc[nH]1)c1ccc[nH]1. The van der Waals surface area contributed by atoms with E-state index in [1.54, 1.807) is 0 Å². The molecule has 0 radical (unpaired) electrons. The molecule has 0 atom stereocenters. The summed E-state index contributed by atoms with van der Waals surface area (Å²) in [7, 11) is 0. The number of hydrogen-bond acceptors (Lipinski definition) is 2. The number of nitrogens with zero attached hydrogens (tertiary/aromatic N) is 2. The van der Waals surface area contributed by atoms with Gasteiger partial charge in [-0.3, -0.25) is 0 Å². The summed E-state index contributed by atoms with van der Waals surface area (Å²) in [5, 5.41) is 8.73. The third-order valence-corrected chi connectivity index (χ3v) is 2.78. The van der Waals surface area contributed by atoms with Crippen LogP contribution in [0.15, 0.2) is 46.9 Å². The molecule has 0 spiro atoms. The molecule has 0 amide bonds. The van der Waals surface area contributed by atoms with E-state index >= 15 is 0 Å². The number of nitrogens with one attached hydrogen (secondary N) is 2. The molecule has 94 valence electrons. The van der Waals surface area contributed by atoms with E-state index in [1.165, 1.54) is 0 Å². The summed E-state index contributed by atoms with van der Waals surface area (Å²) in [6.45, 7) is 4.16. The van der Waals surface area contributed by atoms with Crippen LogP contribution in [0.1, 0.15) is 38.1 Å². The third-order valence-electron chi connectivity index (χ3n) is 2.78. The highest BCUT2D eigenvalue weighted by Gasteiger charge is 2.03. The first-order chi connectivity index (χ1) is 8.85. The fraction of sp³-hybridized carbons (Fsp3) is 0.286. The van der Waals surface area contributed by atoms with Gasteiger partial charge in [0, 0.05) is 12.4 Å². The van der Waals surface area contributed by atoms with Crippen molar-refractivity contribution < 1.29 is 0 Å². The Morgan fingerprint density at radius 1 is 0.889 bits per heavy atom. The molecular formula is C14H18N4. The Balaban J connectivity index is 2.26. The highest BCUT2D eigenvalue weighted by atomic mass is 15.2. The van der Waals surface area contributed by atoms with Crippen LogP contribution in [-0.2, 0) is 0 Å². The monoisotopic (exact) mass is 242 g/mol. The Hall–Kier alpha value is -2.10. The summed E-state index contributed by atoms with van der Waals surface area (Å²) in [5.74, 6) is 0. The molecule has 2 N–H and O–H groups in total. The van der Waals surface area contributed by atoms with Crippen molar-refractivity contribution in [3.05, 3.63) is 48.0 Å². The van der Waals surface area contributed by atoms with Crippen LogP contribution in [0, 0.1) is 0 Å². The Morgan fingerprint density at radius 3 is 1.61 bits per heavy atom. The lowest BCUT2D eigenvalue weighted by atomic mass is 10.2. The average Bonchev–Trinajstić information content (AvgIpc) is 3.07. The fourth-order valence-corrected chi connectivity index (χ4v) is 1.77. The van der Waals surface area contributed by atoms with E-state index in [-0.39, 0.29) is 0 Å². The normalized spacial score (nSPS) is 13.0. The van der Waals surface area contributed by atoms with Gasteiger partial charge < -0.3 is 9.97 Å². The van der Waals surface area contributed by atoms with Crippen LogP contribution in [0.5, 0.6) is 0 Å². The standard InChI is InChI=1S/C14H18N4/c1-3-11(13-7-5-9-15-13)17-18-12(4-2)14-8-6-10-16-14/h5-10,15-16H,3-4H2,1-2H3. The van der Waals surface area contributed by atoms with Gasteiger partial charge in [-0.2, -0.15) is 10.2 Å². The van der Waals surface area contributed by atoms with Gasteiger partial charge in [-0.25, -0.2) is 0 Å². The predicted molar refractivity (Wildman–Crippen MR) is 75.2 cm³/mol. The zero-order chi connectivity index (χ0) is 12.8. The molecule has 2 aromatic heterocycles. The molecule has 4 nitrogen and oxygen atoms in total. The maximum Gasteiger partial charge on any atom is 0.0861 e. The number of aromatic nitrogens is 2. The van der Waals surface area contributed by atoms with E-state index < -0.39 is 0 Å². The van der Waals surface area contributed by atoms with E-state index in [2.05, 4.69) is 34.0 Å². The molecule has 0 aromatic carbocycles. The summed E-state index contributed by atoms with van der Waals surface area (Å²) < 4.78 is 0. The van der Waals surface area contributed by atoms with Crippen molar-refractivity contribution in [1.29, 1.82) is 0 Å². The van der Waals surface area contributed by atoms with Crippen LogP contribution in [0.2, 0.25) is 0 Å². The predicted octanol–water partition coefficient (Wildman–Crippen LogP) is 3.36. The van der Waals surface area contributed by atoms with E-state index in [4.69, 9.17) is 0 Å². The van der Waals surface area contributed by atoms with Gasteiger partial charge in [0.25, 0.3) is 0 Å². The number of H-pyrrole nitrogens is 2. The summed E-state index contributed by atoms with van der Waals surface area (Å²) >= 11 is 0. The van der Waals surface area contributed by atoms with Crippen LogP contribution in [0.25, 0.3) is 0 Å². The van der Waals surface area contributed by atoms with Crippen molar-refractivity contribution >= 4 is 11.4 Å². The summed E-state index contributed by atoms with van der Waals surface area (Å²) in [4.78, 5) is 6.31. The quantitative estimate of drug-likeness (QED) is 0.596. The molecule has 4 heteroatoms. The molecule has 0 aliphatic carbocycles. The molecule has 0 saturated heterocycles. The second kappa shape index (κ2) is 6.00. The summed E-state index contributed by atoms with van der Waals surface area (Å²) in [6.07, 6.45) is 5.50. The topological polar surface area (TPSA) is 56.3 Å². The molecule has 2 heterocycles. The smallest absolute Gasteiger partial charge is 0.0861 e. The van der Waals surface area contributed by atoms with Gasteiger partial charge in [0.2, 0.25) is 0 Å². The Labute approximate surface area is 107 Å². The maximum absolute atomic E-state index is 4.37. The van der Waals surface area contributed by atoms with Crippen molar-refractivity contribution in [2.24, 2.45) is 10.2 Å². The zero-order valence-electron chi connectivity index (χ0n) is 10.8. The highest BCUT2D eigenvalue weighted by molar-refractivity contribution is 6.01. The first-order valence-corrected chi connectivity index (χ1v) is 6.26. The highest BCUT2D eigenvalue weighted by Crippen LogP contribution is 2.05. The van der Waals surface area contributed by atoms with Gasteiger partial charge in [0.15, 0.2) is 0 Å². The van der Waals surface area contributed by atoms with E-state index in [0.29, 0.717) is 0 Å². The molecule has 0 fully saturated rings. The van der Waals surface area contributed by atoms with Gasteiger partial charge in [-0.15, -0.1) is 0 Å². The minimum absolute atomic E-state index is 0.853. The lowest BCUT2D eigenvalue weighted by Crippen LogP contribution is -2.02. The molecule has 0 unspecified atom stereocenters. The fourth-order valence-electron chi connectivity index (χ4n) is 1.77. The largest absolute Gasteiger partial charge is 0.360 e. The molecule has 0 bridgehead atoms. The third kappa shape index (κ3) is 2.77. The van der Waals surface area contributed by atoms with Crippen LogP contribution in [-0.4, -0.2) is 21.4 Å². The molecule has 0 aliphatic rings. The van der Waals surface area contributed by atoms with Crippen LogP contribution in [0.4, 0.5) is 0 Å².